The average molecular weight is 286 g/mol. The molecule has 0 aliphatic rings. The monoisotopic (exact) mass is 285 g/mol. The molecule has 0 saturated carbocycles. The SMILES string of the molecule is Cc1c(Cl)nnc(Oc2ccc3cccnc3c2)c1C. The van der Waals surface area contributed by atoms with Crippen LogP contribution in [0.4, 0.5) is 0 Å². The lowest BCUT2D eigenvalue weighted by Gasteiger charge is -2.09. The maximum atomic E-state index is 5.93. The van der Waals surface area contributed by atoms with Crippen LogP contribution < -0.4 is 4.74 Å². The van der Waals surface area contributed by atoms with E-state index in [2.05, 4.69) is 15.2 Å². The van der Waals surface area contributed by atoms with E-state index in [1.54, 1.807) is 6.20 Å². The molecular weight excluding hydrogens is 274 g/mol. The quantitative estimate of drug-likeness (QED) is 0.711. The molecule has 0 aliphatic heterocycles. The van der Waals surface area contributed by atoms with E-state index in [0.717, 1.165) is 22.0 Å². The Kier molecular flexibility index (Phi) is 3.24. The fourth-order valence-electron chi connectivity index (χ4n) is 1.87. The molecule has 0 bridgehead atoms. The number of rotatable bonds is 2. The van der Waals surface area contributed by atoms with Gasteiger partial charge in [-0.25, -0.2) is 0 Å². The highest BCUT2D eigenvalue weighted by Gasteiger charge is 2.10. The van der Waals surface area contributed by atoms with Crippen LogP contribution in [-0.4, -0.2) is 15.2 Å². The van der Waals surface area contributed by atoms with Crippen molar-refractivity contribution in [3.05, 3.63) is 52.8 Å². The Hall–Kier alpha value is -2.20. The van der Waals surface area contributed by atoms with Crippen LogP contribution >= 0.6 is 11.6 Å². The van der Waals surface area contributed by atoms with Gasteiger partial charge >= 0.3 is 0 Å². The molecule has 0 fully saturated rings. The molecule has 3 aromatic rings. The summed E-state index contributed by atoms with van der Waals surface area (Å²) in [5.41, 5.74) is 2.63. The van der Waals surface area contributed by atoms with Gasteiger partial charge in [0.1, 0.15) is 5.75 Å². The van der Waals surface area contributed by atoms with E-state index >= 15 is 0 Å². The Labute approximate surface area is 121 Å². The number of aromatic nitrogens is 3. The van der Waals surface area contributed by atoms with E-state index in [1.807, 2.05) is 44.2 Å². The van der Waals surface area contributed by atoms with Gasteiger partial charge in [-0.1, -0.05) is 17.7 Å². The molecule has 0 saturated heterocycles. The van der Waals surface area contributed by atoms with Crippen molar-refractivity contribution in [1.82, 2.24) is 15.2 Å². The second-order valence-electron chi connectivity index (χ2n) is 4.51. The minimum atomic E-state index is 0.398. The highest BCUT2D eigenvalue weighted by Crippen LogP contribution is 2.28. The predicted molar refractivity (Wildman–Crippen MR) is 78.3 cm³/mol. The molecule has 20 heavy (non-hydrogen) atoms. The average Bonchev–Trinajstić information content (AvgIpc) is 2.48. The number of fused-ring (bicyclic) bond motifs is 1. The highest BCUT2D eigenvalue weighted by molar-refractivity contribution is 6.30. The third-order valence-electron chi connectivity index (χ3n) is 3.21. The normalized spacial score (nSPS) is 10.8. The third kappa shape index (κ3) is 2.30. The van der Waals surface area contributed by atoms with Crippen LogP contribution in [0.25, 0.3) is 10.9 Å². The summed E-state index contributed by atoms with van der Waals surface area (Å²) in [5, 5.41) is 9.33. The third-order valence-corrected chi connectivity index (χ3v) is 3.57. The molecule has 0 aliphatic carbocycles. The number of benzene rings is 1. The molecule has 0 N–H and O–H groups in total. The zero-order valence-corrected chi connectivity index (χ0v) is 11.8. The fraction of sp³-hybridized carbons (Fsp3) is 0.133. The first-order valence-corrected chi connectivity index (χ1v) is 6.55. The van der Waals surface area contributed by atoms with E-state index in [9.17, 15) is 0 Å². The van der Waals surface area contributed by atoms with E-state index in [1.165, 1.54) is 0 Å². The molecule has 2 heterocycles. The number of nitrogens with zero attached hydrogens (tertiary/aromatic N) is 3. The number of ether oxygens (including phenoxy) is 1. The van der Waals surface area contributed by atoms with E-state index in [0.29, 0.717) is 16.8 Å². The first-order valence-electron chi connectivity index (χ1n) is 6.17. The molecule has 5 heteroatoms. The van der Waals surface area contributed by atoms with Crippen LogP contribution in [0.15, 0.2) is 36.5 Å². The summed E-state index contributed by atoms with van der Waals surface area (Å²) < 4.78 is 5.78. The molecule has 2 aromatic heterocycles. The van der Waals surface area contributed by atoms with E-state index in [-0.39, 0.29) is 0 Å². The van der Waals surface area contributed by atoms with Crippen LogP contribution in [-0.2, 0) is 0 Å². The van der Waals surface area contributed by atoms with Crippen LogP contribution in [0.5, 0.6) is 11.6 Å². The first-order chi connectivity index (χ1) is 9.65. The van der Waals surface area contributed by atoms with Gasteiger partial charge in [0.25, 0.3) is 0 Å². The minimum Gasteiger partial charge on any atom is -0.437 e. The Balaban J connectivity index is 1.99. The van der Waals surface area contributed by atoms with Crippen LogP contribution in [0.3, 0.4) is 0 Å². The smallest absolute Gasteiger partial charge is 0.242 e. The lowest BCUT2D eigenvalue weighted by molar-refractivity contribution is 0.451. The van der Waals surface area contributed by atoms with Gasteiger partial charge in [0.05, 0.1) is 5.52 Å². The zero-order chi connectivity index (χ0) is 14.1. The summed E-state index contributed by atoms with van der Waals surface area (Å²) in [6.07, 6.45) is 1.75. The molecule has 0 atom stereocenters. The molecule has 100 valence electrons. The predicted octanol–water partition coefficient (Wildman–Crippen LogP) is 4.09. The van der Waals surface area contributed by atoms with E-state index in [4.69, 9.17) is 16.3 Å². The first kappa shape index (κ1) is 12.8. The van der Waals surface area contributed by atoms with Crippen molar-refractivity contribution in [3.63, 3.8) is 0 Å². The summed E-state index contributed by atoms with van der Waals surface area (Å²) >= 11 is 5.93. The van der Waals surface area contributed by atoms with Gasteiger partial charge in [-0.15, -0.1) is 10.2 Å². The second kappa shape index (κ2) is 5.06. The summed E-state index contributed by atoms with van der Waals surface area (Å²) in [5.74, 6) is 1.14. The maximum absolute atomic E-state index is 5.93. The van der Waals surface area contributed by atoms with Gasteiger partial charge in [-0.05, 0) is 37.6 Å². The molecule has 3 rings (SSSR count). The Bertz CT molecular complexity index is 789. The molecule has 1 aromatic carbocycles. The van der Waals surface area contributed by atoms with Crippen molar-refractivity contribution >= 4 is 22.5 Å². The lowest BCUT2D eigenvalue weighted by Crippen LogP contribution is -1.97. The molecule has 0 unspecified atom stereocenters. The number of hydrogen-bond donors (Lipinski definition) is 0. The summed E-state index contributed by atoms with van der Waals surface area (Å²) in [4.78, 5) is 4.30. The fourth-order valence-corrected chi connectivity index (χ4v) is 2.05. The summed E-state index contributed by atoms with van der Waals surface area (Å²) in [6.45, 7) is 3.80. The van der Waals surface area contributed by atoms with Gasteiger partial charge in [0.15, 0.2) is 5.15 Å². The van der Waals surface area contributed by atoms with Crippen molar-refractivity contribution in [2.45, 2.75) is 13.8 Å². The zero-order valence-electron chi connectivity index (χ0n) is 11.1. The molecule has 0 radical (unpaired) electrons. The van der Waals surface area contributed by atoms with Crippen LogP contribution in [0.2, 0.25) is 5.15 Å². The lowest BCUT2D eigenvalue weighted by atomic mass is 10.2. The second-order valence-corrected chi connectivity index (χ2v) is 4.86. The molecule has 4 nitrogen and oxygen atoms in total. The van der Waals surface area contributed by atoms with Crippen LogP contribution in [0, 0.1) is 13.8 Å². The van der Waals surface area contributed by atoms with Gasteiger partial charge in [-0.2, -0.15) is 0 Å². The maximum Gasteiger partial charge on any atom is 0.242 e. The standard InChI is InChI=1S/C15H12ClN3O/c1-9-10(2)15(19-18-14(9)16)20-12-6-5-11-4-3-7-17-13(11)8-12/h3-8H,1-2H3. The van der Waals surface area contributed by atoms with Gasteiger partial charge < -0.3 is 4.74 Å². The summed E-state index contributed by atoms with van der Waals surface area (Å²) in [7, 11) is 0. The highest BCUT2D eigenvalue weighted by atomic mass is 35.5. The van der Waals surface area contributed by atoms with Crippen molar-refractivity contribution in [3.8, 4) is 11.6 Å². The number of hydrogen-bond acceptors (Lipinski definition) is 4. The van der Waals surface area contributed by atoms with Crippen molar-refractivity contribution < 1.29 is 4.74 Å². The summed E-state index contributed by atoms with van der Waals surface area (Å²) in [6, 6.07) is 9.63. The topological polar surface area (TPSA) is 47.9 Å². The largest absolute Gasteiger partial charge is 0.437 e. The van der Waals surface area contributed by atoms with Crippen molar-refractivity contribution in [2.24, 2.45) is 0 Å². The van der Waals surface area contributed by atoms with Gasteiger partial charge in [-0.3, -0.25) is 4.98 Å². The van der Waals surface area contributed by atoms with Crippen molar-refractivity contribution in [2.75, 3.05) is 0 Å². The number of pyridine rings is 1. The van der Waals surface area contributed by atoms with Gasteiger partial charge in [0, 0.05) is 23.2 Å². The Morgan fingerprint density at radius 2 is 1.90 bits per heavy atom. The molecular formula is C15H12ClN3O. The number of halogens is 1. The van der Waals surface area contributed by atoms with Gasteiger partial charge in [0.2, 0.25) is 5.88 Å². The Morgan fingerprint density at radius 1 is 1.05 bits per heavy atom. The van der Waals surface area contributed by atoms with Crippen molar-refractivity contribution in [1.29, 1.82) is 0 Å². The minimum absolute atomic E-state index is 0.398. The van der Waals surface area contributed by atoms with Crippen LogP contribution in [0.1, 0.15) is 11.1 Å². The molecule has 0 amide bonds. The Morgan fingerprint density at radius 3 is 2.75 bits per heavy atom. The van der Waals surface area contributed by atoms with E-state index < -0.39 is 0 Å². The molecule has 0 spiro atoms.